The van der Waals surface area contributed by atoms with Gasteiger partial charge in [0.15, 0.2) is 0 Å². The number of hydrogen-bond acceptors (Lipinski definition) is 11. The summed E-state index contributed by atoms with van der Waals surface area (Å²) in [7, 11) is 0. The molecule has 1 fully saturated rings. The van der Waals surface area contributed by atoms with E-state index in [2.05, 4.69) is 21.3 Å². The van der Waals surface area contributed by atoms with Crippen LogP contribution < -0.4 is 32.7 Å². The van der Waals surface area contributed by atoms with Crippen LogP contribution in [0.3, 0.4) is 0 Å². The molecule has 20 nitrogen and oxygen atoms in total. The Bertz CT molecular complexity index is 1200. The van der Waals surface area contributed by atoms with Crippen molar-refractivity contribution in [3.63, 3.8) is 0 Å². The number of carbonyl (C=O) groups is 9. The molecule has 0 saturated carbocycles. The summed E-state index contributed by atoms with van der Waals surface area (Å²) in [5.74, 6) is -9.47. The Kier molecular flexibility index (Phi) is 18.1. The molecule has 1 aliphatic heterocycles. The number of nitrogens with one attached hydrogen (secondary N) is 4. The molecule has 20 heteroatoms. The highest BCUT2D eigenvalue weighted by Gasteiger charge is 2.39. The third-order valence-corrected chi connectivity index (χ3v) is 7.39. The fraction of sp³-hybridized carbons (Fsp3) is 0.679. The lowest BCUT2D eigenvalue weighted by atomic mass is 10.1. The Hall–Kier alpha value is -4.85. The summed E-state index contributed by atoms with van der Waals surface area (Å²) in [5.41, 5.74) is 11.1. The number of aliphatic carboxylic acids is 4. The molecule has 5 atom stereocenters. The summed E-state index contributed by atoms with van der Waals surface area (Å²) in [4.78, 5) is 110. The van der Waals surface area contributed by atoms with Gasteiger partial charge in [0.05, 0.1) is 12.6 Å². The predicted molar refractivity (Wildman–Crippen MR) is 163 cm³/mol. The topological polar surface area (TPSA) is 338 Å². The van der Waals surface area contributed by atoms with Crippen LogP contribution in [-0.4, -0.2) is 129 Å². The van der Waals surface area contributed by atoms with E-state index in [0.29, 0.717) is 25.8 Å². The Morgan fingerprint density at radius 1 is 0.708 bits per heavy atom. The van der Waals surface area contributed by atoms with Gasteiger partial charge in [-0.05, 0) is 57.9 Å². The van der Waals surface area contributed by atoms with Crippen molar-refractivity contribution in [1.29, 1.82) is 0 Å². The van der Waals surface area contributed by atoms with Gasteiger partial charge in [-0.3, -0.25) is 38.4 Å². The molecule has 1 heterocycles. The summed E-state index contributed by atoms with van der Waals surface area (Å²) in [6.07, 6.45) is -0.976. The second-order valence-corrected chi connectivity index (χ2v) is 11.2. The molecule has 5 amide bonds. The molecule has 0 spiro atoms. The van der Waals surface area contributed by atoms with E-state index in [0.717, 1.165) is 4.90 Å². The van der Waals surface area contributed by atoms with Crippen LogP contribution in [0.2, 0.25) is 0 Å². The number of unbranched alkanes of at least 4 members (excludes halogenated alkanes) is 1. The number of rotatable bonds is 23. The Morgan fingerprint density at radius 3 is 1.85 bits per heavy atom. The first-order valence-corrected chi connectivity index (χ1v) is 15.4. The van der Waals surface area contributed by atoms with E-state index in [1.165, 1.54) is 0 Å². The minimum atomic E-state index is -1.48. The first-order valence-electron chi connectivity index (χ1n) is 15.4. The van der Waals surface area contributed by atoms with Gasteiger partial charge in [0.2, 0.25) is 29.5 Å². The number of nitrogens with zero attached hydrogens (tertiary/aromatic N) is 1. The lowest BCUT2D eigenvalue weighted by Gasteiger charge is -2.29. The van der Waals surface area contributed by atoms with Crippen molar-refractivity contribution in [3.05, 3.63) is 0 Å². The standard InChI is InChI=1S/C28H45N7O13/c29-12-2-1-4-18(28(47)48)34-26(45)19-5-3-13-35(19)27(46)17(8-11-23(41)42)32-20(36)14-31-25(44)16(7-10-22(39)40)33-24(43)15(30)6-9-21(37)38/h15-19H,1-14,29-30H2,(H,31,44)(H,32,36)(H,33,43)(H,34,45)(H,37,38)(H,39,40)(H,41,42)(H,47,48)/t15-,16-,17-,18-,19-/m0/s1. The number of carbonyl (C=O) groups excluding carboxylic acids is 5. The van der Waals surface area contributed by atoms with Crippen LogP contribution in [0.4, 0.5) is 0 Å². The molecule has 0 aromatic rings. The smallest absolute Gasteiger partial charge is 0.326 e. The van der Waals surface area contributed by atoms with Crippen LogP contribution in [0.5, 0.6) is 0 Å². The van der Waals surface area contributed by atoms with Crippen molar-refractivity contribution in [1.82, 2.24) is 26.2 Å². The van der Waals surface area contributed by atoms with Crippen LogP contribution in [0.15, 0.2) is 0 Å². The molecule has 0 unspecified atom stereocenters. The van der Waals surface area contributed by atoms with E-state index in [1.54, 1.807) is 0 Å². The van der Waals surface area contributed by atoms with E-state index in [1.807, 2.05) is 0 Å². The second-order valence-electron chi connectivity index (χ2n) is 11.2. The van der Waals surface area contributed by atoms with Crippen LogP contribution in [0.25, 0.3) is 0 Å². The van der Waals surface area contributed by atoms with Gasteiger partial charge in [-0.2, -0.15) is 0 Å². The molecule has 0 bridgehead atoms. The van der Waals surface area contributed by atoms with Gasteiger partial charge in [-0.15, -0.1) is 0 Å². The number of amides is 5. The van der Waals surface area contributed by atoms with Crippen molar-refractivity contribution in [3.8, 4) is 0 Å². The average molecular weight is 688 g/mol. The van der Waals surface area contributed by atoms with Crippen LogP contribution in [0, 0.1) is 0 Å². The highest BCUT2D eigenvalue weighted by Crippen LogP contribution is 2.20. The minimum absolute atomic E-state index is 0.0670. The summed E-state index contributed by atoms with van der Waals surface area (Å²) < 4.78 is 0. The van der Waals surface area contributed by atoms with E-state index in [4.69, 9.17) is 21.7 Å². The molecule has 270 valence electrons. The van der Waals surface area contributed by atoms with E-state index < -0.39 is 116 Å². The van der Waals surface area contributed by atoms with Crippen molar-refractivity contribution >= 4 is 53.4 Å². The Labute approximate surface area is 275 Å². The third-order valence-electron chi connectivity index (χ3n) is 7.39. The molecular formula is C28H45N7O13. The second kappa shape index (κ2) is 21.1. The average Bonchev–Trinajstić information content (AvgIpc) is 3.51. The maximum Gasteiger partial charge on any atom is 0.326 e. The van der Waals surface area contributed by atoms with Gasteiger partial charge in [-0.25, -0.2) is 4.79 Å². The summed E-state index contributed by atoms with van der Waals surface area (Å²) >= 11 is 0. The number of likely N-dealkylation sites (tertiary alicyclic amines) is 1. The van der Waals surface area contributed by atoms with Crippen LogP contribution >= 0.6 is 0 Å². The first kappa shape index (κ1) is 41.2. The van der Waals surface area contributed by atoms with E-state index >= 15 is 0 Å². The predicted octanol–water partition coefficient (Wildman–Crippen LogP) is -3.32. The molecule has 12 N–H and O–H groups in total. The van der Waals surface area contributed by atoms with Crippen LogP contribution in [0.1, 0.15) is 70.6 Å². The van der Waals surface area contributed by atoms with E-state index in [9.17, 15) is 53.4 Å². The number of carboxylic acid groups (broad SMARTS) is 4. The normalized spacial score (nSPS) is 16.5. The zero-order chi connectivity index (χ0) is 36.4. The van der Waals surface area contributed by atoms with Crippen molar-refractivity contribution < 1.29 is 63.6 Å². The molecule has 1 saturated heterocycles. The Morgan fingerprint density at radius 2 is 1.29 bits per heavy atom. The first-order chi connectivity index (χ1) is 22.6. The summed E-state index contributed by atoms with van der Waals surface area (Å²) in [6.45, 7) is -0.379. The molecule has 0 aliphatic carbocycles. The maximum atomic E-state index is 13.5. The molecule has 0 aromatic heterocycles. The molecule has 1 rings (SSSR count). The van der Waals surface area contributed by atoms with Gasteiger partial charge in [0.25, 0.3) is 0 Å². The van der Waals surface area contributed by atoms with Crippen LogP contribution in [-0.2, 0) is 43.2 Å². The third kappa shape index (κ3) is 15.2. The lowest BCUT2D eigenvalue weighted by Crippen LogP contribution is -2.56. The Balaban J connectivity index is 2.96. The number of carboxylic acids is 4. The van der Waals surface area contributed by atoms with Gasteiger partial charge in [-0.1, -0.05) is 0 Å². The van der Waals surface area contributed by atoms with Gasteiger partial charge in [0.1, 0.15) is 24.2 Å². The monoisotopic (exact) mass is 687 g/mol. The molecule has 1 aliphatic rings. The summed E-state index contributed by atoms with van der Waals surface area (Å²) in [5, 5.41) is 45.7. The molecule has 48 heavy (non-hydrogen) atoms. The van der Waals surface area contributed by atoms with Crippen molar-refractivity contribution in [2.45, 2.75) is 101 Å². The molecule has 0 aromatic carbocycles. The van der Waals surface area contributed by atoms with Gasteiger partial charge >= 0.3 is 23.9 Å². The number of hydrogen-bond donors (Lipinski definition) is 10. The SMILES string of the molecule is NCCCC[C@H](NC(=O)[C@@H]1CCCN1C(=O)[C@H](CCC(=O)O)NC(=O)CNC(=O)[C@H](CCC(=O)O)NC(=O)[C@@H](N)CCC(=O)O)C(=O)O. The van der Waals surface area contributed by atoms with Crippen molar-refractivity contribution in [2.75, 3.05) is 19.6 Å². The van der Waals surface area contributed by atoms with E-state index in [-0.39, 0.29) is 32.2 Å². The van der Waals surface area contributed by atoms with Crippen molar-refractivity contribution in [2.24, 2.45) is 11.5 Å². The highest BCUT2D eigenvalue weighted by molar-refractivity contribution is 5.95. The fourth-order valence-electron chi connectivity index (χ4n) is 4.81. The lowest BCUT2D eigenvalue weighted by molar-refractivity contribution is -0.145. The zero-order valence-electron chi connectivity index (χ0n) is 26.4. The quantitative estimate of drug-likeness (QED) is 0.0470. The fourth-order valence-corrected chi connectivity index (χ4v) is 4.81. The minimum Gasteiger partial charge on any atom is -0.481 e. The van der Waals surface area contributed by atoms with Gasteiger partial charge in [0, 0.05) is 25.8 Å². The zero-order valence-corrected chi connectivity index (χ0v) is 26.4. The largest absolute Gasteiger partial charge is 0.481 e. The maximum absolute atomic E-state index is 13.5. The summed E-state index contributed by atoms with van der Waals surface area (Å²) in [6, 6.07) is -6.56. The highest BCUT2D eigenvalue weighted by atomic mass is 16.4. The number of nitrogens with two attached hydrogens (primary N) is 2. The molecule has 0 radical (unpaired) electrons. The molecular weight excluding hydrogens is 642 g/mol. The van der Waals surface area contributed by atoms with Gasteiger partial charge < -0.3 is 58.1 Å².